The topological polar surface area (TPSA) is 371 Å². The van der Waals surface area contributed by atoms with Gasteiger partial charge in [-0.3, -0.25) is 43.3 Å². The van der Waals surface area contributed by atoms with Gasteiger partial charge in [-0.1, -0.05) is 130 Å². The predicted octanol–water partition coefficient (Wildman–Crippen LogP) is 14.5. The maximum atomic E-state index is 13.5. The van der Waals surface area contributed by atoms with Crippen LogP contribution in [0.1, 0.15) is 134 Å². The highest BCUT2D eigenvalue weighted by atomic mass is 32.2. The number of nitrogens with zero attached hydrogens (tertiary/aromatic N) is 5. The normalized spacial score (nSPS) is 13.9. The molecule has 4 atom stereocenters. The van der Waals surface area contributed by atoms with Crippen LogP contribution in [0.15, 0.2) is 317 Å². The molecule has 726 valence electrons. The zero-order valence-electron chi connectivity index (χ0n) is 77.5. The largest absolute Gasteiger partial charge is 0.331 e. The van der Waals surface area contributed by atoms with Crippen molar-refractivity contribution in [2.75, 3.05) is 43.9 Å². The number of likely N-dealkylation sites (N-methyl/N-ethyl adjacent to an activating group) is 2. The number of hydrogen-bond acceptors (Lipinski definition) is 17. The van der Waals surface area contributed by atoms with Crippen LogP contribution in [0.3, 0.4) is 0 Å². The Kier molecular flexibility index (Phi) is 36.4. The fraction of sp³-hybridized carbons (Fsp3) is 0.240. The zero-order chi connectivity index (χ0) is 101. The number of carbonyl (C=O) groups excluding carboxylic acids is 8. The third-order valence-electron chi connectivity index (χ3n) is 22.5. The smallest absolute Gasteiger partial charge is 0.254 e. The van der Waals surface area contributed by atoms with E-state index >= 15 is 0 Å². The number of aromatic nitrogens is 1. The Morgan fingerprint density at radius 2 is 0.712 bits per heavy atom. The number of pyridine rings is 1. The van der Waals surface area contributed by atoms with E-state index in [4.69, 9.17) is 0 Å². The van der Waals surface area contributed by atoms with Gasteiger partial charge in [0.2, 0.25) is 51.9 Å². The summed E-state index contributed by atoms with van der Waals surface area (Å²) in [6.45, 7) is 13.7. The average molecular weight is 1970 g/mol. The molecule has 2 aliphatic rings. The minimum absolute atomic E-state index is 0.0278. The minimum Gasteiger partial charge on any atom is -0.331 e. The summed E-state index contributed by atoms with van der Waals surface area (Å²) in [7, 11) is -12.9. The molecule has 11 aromatic carbocycles. The Hall–Kier alpha value is -13.9. The molecule has 0 spiro atoms. The molecule has 27 nitrogen and oxygen atoms in total. The Labute approximate surface area is 807 Å². The summed E-state index contributed by atoms with van der Waals surface area (Å²) in [6, 6.07) is 69.8. The monoisotopic (exact) mass is 1970 g/mol. The first-order chi connectivity index (χ1) is 66.2. The zero-order valence-corrected chi connectivity index (χ0v) is 80.8. The molecule has 2 aliphatic heterocycles. The molecular weight excluding hydrogens is 1860 g/mol. The van der Waals surface area contributed by atoms with Gasteiger partial charge >= 0.3 is 0 Å². The third kappa shape index (κ3) is 29.1. The molecule has 1 aromatic heterocycles. The summed E-state index contributed by atoms with van der Waals surface area (Å²) in [5.41, 5.74) is 8.05. The first-order valence-electron chi connectivity index (χ1n) is 44.5. The molecule has 0 fully saturated rings. The number of Topliss-reactive ketones (excluding diaryl/α,β-unsaturated/α-hetero) is 2. The summed E-state index contributed by atoms with van der Waals surface area (Å²) in [5, 5.41) is 5.58. The maximum absolute atomic E-state index is 13.5. The number of sulfonamides is 4. The molecule has 0 radical (unpaired) electrons. The summed E-state index contributed by atoms with van der Waals surface area (Å²) < 4.78 is 161. The van der Waals surface area contributed by atoms with Crippen LogP contribution >= 0.6 is 0 Å². The van der Waals surface area contributed by atoms with E-state index in [0.717, 1.165) is 33.4 Å². The number of anilines is 2. The average Bonchev–Trinajstić information content (AvgIpc) is 0.785. The third-order valence-corrected chi connectivity index (χ3v) is 28.9. The number of ketones is 2. The fourth-order valence-corrected chi connectivity index (χ4v) is 20.0. The Morgan fingerprint density at radius 1 is 0.381 bits per heavy atom. The molecule has 14 rings (SSSR count). The minimum atomic E-state index is -3.72. The molecule has 6 amide bonds. The van der Waals surface area contributed by atoms with Gasteiger partial charge in [-0.15, -0.1) is 0 Å². The quantitative estimate of drug-likeness (QED) is 0.0213. The lowest BCUT2D eigenvalue weighted by Crippen LogP contribution is -2.50. The highest BCUT2D eigenvalue weighted by Gasteiger charge is 2.39. The van der Waals surface area contributed by atoms with Crippen LogP contribution in [0.4, 0.5) is 28.9 Å². The highest BCUT2D eigenvalue weighted by Crippen LogP contribution is 2.31. The molecule has 139 heavy (non-hydrogen) atoms. The van der Waals surface area contributed by atoms with E-state index < -0.39 is 111 Å². The molecule has 35 heteroatoms. The van der Waals surface area contributed by atoms with Crippen LogP contribution in [0.25, 0.3) is 0 Å². The number of carbonyl (C=O) groups is 8. The van der Waals surface area contributed by atoms with E-state index in [1.165, 1.54) is 189 Å². The lowest BCUT2D eigenvalue weighted by atomic mass is 9.92. The fourth-order valence-electron chi connectivity index (χ4n) is 15.5. The second-order valence-electron chi connectivity index (χ2n) is 33.6. The standard InChI is InChI=1S/C27H29FN2O4S.C26H27FN4O4S.C26H27FN2O4S.C25H24FN3O4S/c1-3-29-35(33,34)24-16-10-21(11-17-24)19-26(31)25(18-20-8-6-5-7-9-20)30(4-2)27(32)22-12-14-23(28)15-13-22;1-26(2,3)30-36(34,35)22-10-8-21(9-11-22)29-24(32)23-14-19-15-28-13-12-18(19)16-31(23)25(33)17-4-6-20(27)7-5-17;1-3-28-34(32,33)23-15-9-20(10-16-23)18-25(30)24(17-19-7-5-4-6-8-19)29(2)26(31)21-11-13-22(27)14-12-21;1-2-27-34(32,33)22-13-11-21(12-14-22)28-24(30)23-15-18-5-3-4-6-19(18)16-29(23)25(31)17-7-9-20(26)10-8-17/h5-17,25,29H,3-4,18-19H2,1-2H3;4-13,15,23,30H,14,16H2,1-3H3,(H,29,32);4-16,24,28H,3,17-18H2,1-2H3;3-14,23,27H,2,15-16H2,1H3,(H,28,30)/t25-;;24-;/m0.0./s1. The molecule has 0 saturated heterocycles. The molecule has 2 unspecified atom stereocenters. The SMILES string of the molecule is CC(C)(C)NS(=O)(=O)c1ccc(NC(=O)C2Cc3cnccc3CN2C(=O)c2ccc(F)cc2)cc1.CCNS(=O)(=O)c1ccc(CC(=O)[C@H](Cc2ccccc2)N(C)C(=O)c2ccc(F)cc2)cc1.CCNS(=O)(=O)c1ccc(CC(=O)[C@H](Cc2ccccc2)N(CC)C(=O)c2ccc(F)cc2)cc1.CCNS(=O)(=O)c1ccc(NC(=O)C2Cc3ccccc3CN2C(=O)c2ccc(F)cc2)cc1. The first-order valence-corrected chi connectivity index (χ1v) is 50.5. The summed E-state index contributed by atoms with van der Waals surface area (Å²) in [6.07, 6.45) is 4.59. The lowest BCUT2D eigenvalue weighted by molar-refractivity contribution is -0.123. The Morgan fingerprint density at radius 3 is 1.09 bits per heavy atom. The number of rotatable bonds is 32. The number of nitrogens with one attached hydrogen (secondary N) is 6. The van der Waals surface area contributed by atoms with Crippen molar-refractivity contribution in [1.29, 1.82) is 0 Å². The van der Waals surface area contributed by atoms with Gasteiger partial charge in [-0.25, -0.2) is 70.1 Å². The van der Waals surface area contributed by atoms with Crippen molar-refractivity contribution in [3.63, 3.8) is 0 Å². The van der Waals surface area contributed by atoms with Gasteiger partial charge in [0.05, 0.1) is 31.7 Å². The van der Waals surface area contributed by atoms with Gasteiger partial charge in [-0.05, 0) is 261 Å². The van der Waals surface area contributed by atoms with Crippen LogP contribution in [-0.4, -0.2) is 168 Å². The van der Waals surface area contributed by atoms with Gasteiger partial charge in [0.1, 0.15) is 35.4 Å². The molecule has 3 heterocycles. The first kappa shape index (κ1) is 106. The Bertz CT molecular complexity index is 6720. The second-order valence-corrected chi connectivity index (χ2v) is 40.6. The van der Waals surface area contributed by atoms with Crippen LogP contribution in [0.2, 0.25) is 0 Å². The molecule has 12 aromatic rings. The molecule has 0 bridgehead atoms. The summed E-state index contributed by atoms with van der Waals surface area (Å²) >= 11 is 0. The lowest BCUT2D eigenvalue weighted by Gasteiger charge is -2.36. The van der Waals surface area contributed by atoms with Crippen molar-refractivity contribution < 1.29 is 89.6 Å². The van der Waals surface area contributed by atoms with Gasteiger partial charge in [0.15, 0.2) is 11.6 Å². The van der Waals surface area contributed by atoms with Gasteiger partial charge in [0.25, 0.3) is 23.6 Å². The van der Waals surface area contributed by atoms with Crippen LogP contribution in [0.5, 0.6) is 0 Å². The summed E-state index contributed by atoms with van der Waals surface area (Å²) in [4.78, 5) is 117. The van der Waals surface area contributed by atoms with E-state index in [9.17, 15) is 89.6 Å². The highest BCUT2D eigenvalue weighted by molar-refractivity contribution is 7.90. The van der Waals surface area contributed by atoms with E-state index in [-0.39, 0.29) is 118 Å². The van der Waals surface area contributed by atoms with Crippen molar-refractivity contribution in [3.05, 3.63) is 388 Å². The van der Waals surface area contributed by atoms with Crippen molar-refractivity contribution >= 4 is 98.5 Å². The number of benzene rings is 11. The summed E-state index contributed by atoms with van der Waals surface area (Å²) in [5.74, 6) is -4.50. The van der Waals surface area contributed by atoms with Gasteiger partial charge < -0.3 is 30.2 Å². The van der Waals surface area contributed by atoms with Gasteiger partial charge in [0, 0.05) is 124 Å². The maximum Gasteiger partial charge on any atom is 0.254 e. The molecule has 0 saturated carbocycles. The van der Waals surface area contributed by atoms with Crippen molar-refractivity contribution in [1.82, 2.24) is 43.5 Å². The van der Waals surface area contributed by atoms with Crippen molar-refractivity contribution in [2.45, 2.75) is 149 Å². The Balaban J connectivity index is 0.000000178. The van der Waals surface area contributed by atoms with E-state index in [1.54, 1.807) is 98.2 Å². The molecule has 6 N–H and O–H groups in total. The second kappa shape index (κ2) is 47.9. The number of fused-ring (bicyclic) bond motifs is 2. The van der Waals surface area contributed by atoms with E-state index in [2.05, 4.69) is 34.5 Å². The van der Waals surface area contributed by atoms with Crippen LogP contribution in [0, 0.1) is 23.3 Å². The predicted molar refractivity (Wildman–Crippen MR) is 521 cm³/mol. The van der Waals surface area contributed by atoms with Crippen LogP contribution < -0.4 is 29.5 Å². The van der Waals surface area contributed by atoms with Crippen molar-refractivity contribution in [2.24, 2.45) is 0 Å². The number of amides is 6. The van der Waals surface area contributed by atoms with E-state index in [0.29, 0.717) is 53.9 Å². The molecule has 0 aliphatic carbocycles. The number of hydrogen-bond donors (Lipinski definition) is 6. The molecular formula is C104H107F4N11O16S4. The van der Waals surface area contributed by atoms with E-state index in [1.807, 2.05) is 84.9 Å². The van der Waals surface area contributed by atoms with Crippen molar-refractivity contribution in [3.8, 4) is 0 Å². The van der Waals surface area contributed by atoms with Gasteiger partial charge in [-0.2, -0.15) is 0 Å². The van der Waals surface area contributed by atoms with Crippen LogP contribution in [-0.2, 0) is 111 Å². The number of halogens is 4.